The lowest BCUT2D eigenvalue weighted by molar-refractivity contribution is 0.0951. The van der Waals surface area contributed by atoms with Gasteiger partial charge in [0.2, 0.25) is 0 Å². The SMILES string of the molecule is O=C(NCc1ccc(Cl)cc1Cl)c1ccc(I)cc1N(c1cccc2nccnc12)S(=O)O. The third-order valence-electron chi connectivity index (χ3n) is 4.73. The predicted octanol–water partition coefficient (Wildman–Crippen LogP) is 5.75. The molecule has 4 aromatic rings. The van der Waals surface area contributed by atoms with Crippen molar-refractivity contribution in [2.24, 2.45) is 0 Å². The van der Waals surface area contributed by atoms with Crippen molar-refractivity contribution >= 4 is 85.4 Å². The van der Waals surface area contributed by atoms with E-state index in [4.69, 9.17) is 23.2 Å². The number of carbonyl (C=O) groups is 1. The Labute approximate surface area is 215 Å². The second-order valence-electron chi connectivity index (χ2n) is 6.81. The molecule has 0 fully saturated rings. The van der Waals surface area contributed by atoms with Crippen LogP contribution in [0, 0.1) is 3.57 Å². The van der Waals surface area contributed by atoms with Crippen molar-refractivity contribution < 1.29 is 13.6 Å². The number of nitrogens with zero attached hydrogens (tertiary/aromatic N) is 3. The van der Waals surface area contributed by atoms with E-state index in [0.717, 1.165) is 7.88 Å². The second kappa shape index (κ2) is 10.3. The molecule has 0 bridgehead atoms. The average Bonchev–Trinajstić information content (AvgIpc) is 2.78. The number of benzene rings is 3. The van der Waals surface area contributed by atoms with E-state index in [1.807, 2.05) is 0 Å². The minimum absolute atomic E-state index is 0.155. The van der Waals surface area contributed by atoms with Crippen LogP contribution in [-0.4, -0.2) is 24.6 Å². The second-order valence-corrected chi connectivity index (χ2v) is 9.72. The summed E-state index contributed by atoms with van der Waals surface area (Å²) in [6.07, 6.45) is 3.04. The highest BCUT2D eigenvalue weighted by atomic mass is 127. The van der Waals surface area contributed by atoms with Crippen LogP contribution in [0.2, 0.25) is 10.0 Å². The number of rotatable bonds is 6. The summed E-state index contributed by atoms with van der Waals surface area (Å²) in [5.41, 5.74) is 2.48. The zero-order valence-corrected chi connectivity index (χ0v) is 21.2. The van der Waals surface area contributed by atoms with Gasteiger partial charge in [-0.1, -0.05) is 35.3 Å². The number of hydrogen-bond acceptors (Lipinski definition) is 4. The lowest BCUT2D eigenvalue weighted by Crippen LogP contribution is -2.27. The van der Waals surface area contributed by atoms with Crippen LogP contribution in [0.4, 0.5) is 11.4 Å². The quantitative estimate of drug-likeness (QED) is 0.214. The van der Waals surface area contributed by atoms with Crippen LogP contribution >= 0.6 is 45.8 Å². The molecule has 7 nitrogen and oxygen atoms in total. The smallest absolute Gasteiger partial charge is 0.266 e. The summed E-state index contributed by atoms with van der Waals surface area (Å²) >= 11 is 11.7. The highest BCUT2D eigenvalue weighted by molar-refractivity contribution is 14.1. The van der Waals surface area contributed by atoms with Crippen molar-refractivity contribution in [2.45, 2.75) is 6.54 Å². The maximum Gasteiger partial charge on any atom is 0.266 e. The standard InChI is InChI=1S/C22H15Cl2IN4O3S/c23-14-5-4-13(17(24)10-14)12-28-22(30)16-7-6-15(25)11-20(16)29(33(31)32)19-3-1-2-18-21(19)27-9-8-26-18/h1-11H,12H2,(H,28,30)(H,31,32). The Balaban J connectivity index is 1.74. The number of carbonyl (C=O) groups excluding carboxylic acids is 1. The summed E-state index contributed by atoms with van der Waals surface area (Å²) in [7, 11) is 0. The molecule has 0 saturated heterocycles. The maximum absolute atomic E-state index is 13.1. The fourth-order valence-electron chi connectivity index (χ4n) is 3.24. The predicted molar refractivity (Wildman–Crippen MR) is 139 cm³/mol. The first-order valence-electron chi connectivity index (χ1n) is 9.47. The average molecular weight is 613 g/mol. The molecule has 1 unspecified atom stereocenters. The zero-order valence-electron chi connectivity index (χ0n) is 16.7. The molecule has 11 heteroatoms. The minimum atomic E-state index is -2.50. The molecule has 0 spiro atoms. The van der Waals surface area contributed by atoms with Crippen molar-refractivity contribution in [3.63, 3.8) is 0 Å². The number of anilines is 2. The number of hydrogen-bond donors (Lipinski definition) is 2. The fraction of sp³-hybridized carbons (Fsp3) is 0.0455. The van der Waals surface area contributed by atoms with Gasteiger partial charge in [0.05, 0.1) is 22.5 Å². The van der Waals surface area contributed by atoms with E-state index in [1.54, 1.807) is 60.8 Å². The van der Waals surface area contributed by atoms with Crippen LogP contribution in [0.5, 0.6) is 0 Å². The van der Waals surface area contributed by atoms with E-state index in [1.165, 1.54) is 6.20 Å². The summed E-state index contributed by atoms with van der Waals surface area (Å²) in [4.78, 5) is 21.7. The third kappa shape index (κ3) is 5.28. The van der Waals surface area contributed by atoms with Gasteiger partial charge in [-0.25, -0.2) is 8.51 Å². The number of para-hydroxylation sites is 1. The lowest BCUT2D eigenvalue weighted by Gasteiger charge is -2.23. The largest absolute Gasteiger partial charge is 0.348 e. The molecule has 0 aliphatic heterocycles. The van der Waals surface area contributed by atoms with Crippen LogP contribution in [0.25, 0.3) is 11.0 Å². The van der Waals surface area contributed by atoms with Gasteiger partial charge in [-0.05, 0) is 70.6 Å². The van der Waals surface area contributed by atoms with E-state index >= 15 is 0 Å². The Morgan fingerprint density at radius 1 is 1.06 bits per heavy atom. The van der Waals surface area contributed by atoms with E-state index < -0.39 is 17.2 Å². The highest BCUT2D eigenvalue weighted by Crippen LogP contribution is 2.35. The summed E-state index contributed by atoms with van der Waals surface area (Å²) in [6, 6.07) is 15.1. The van der Waals surface area contributed by atoms with Gasteiger partial charge < -0.3 is 5.32 Å². The molecular weight excluding hydrogens is 598 g/mol. The number of nitrogens with one attached hydrogen (secondary N) is 1. The maximum atomic E-state index is 13.1. The van der Waals surface area contributed by atoms with Crippen molar-refractivity contribution in [3.05, 3.63) is 91.7 Å². The van der Waals surface area contributed by atoms with Crippen molar-refractivity contribution in [3.8, 4) is 0 Å². The lowest BCUT2D eigenvalue weighted by atomic mass is 10.1. The summed E-state index contributed by atoms with van der Waals surface area (Å²) in [5.74, 6) is -0.436. The molecular formula is C22H15Cl2IN4O3S. The topological polar surface area (TPSA) is 95.4 Å². The van der Waals surface area contributed by atoms with Gasteiger partial charge in [0, 0.05) is 32.6 Å². The van der Waals surface area contributed by atoms with Gasteiger partial charge in [0.15, 0.2) is 0 Å². The molecule has 1 amide bonds. The van der Waals surface area contributed by atoms with E-state index in [0.29, 0.717) is 32.3 Å². The summed E-state index contributed by atoms with van der Waals surface area (Å²) < 4.78 is 24.7. The molecule has 0 aliphatic carbocycles. The van der Waals surface area contributed by atoms with Crippen LogP contribution in [0.15, 0.2) is 67.0 Å². The van der Waals surface area contributed by atoms with Crippen molar-refractivity contribution in [1.29, 1.82) is 0 Å². The van der Waals surface area contributed by atoms with Crippen molar-refractivity contribution in [2.75, 3.05) is 4.31 Å². The van der Waals surface area contributed by atoms with E-state index in [2.05, 4.69) is 37.9 Å². The Morgan fingerprint density at radius 2 is 1.85 bits per heavy atom. The number of halogens is 3. The Bertz CT molecular complexity index is 1380. The first kappa shape index (κ1) is 23.8. The number of aromatic nitrogens is 2. The van der Waals surface area contributed by atoms with Gasteiger partial charge in [-0.2, -0.15) is 0 Å². The first-order valence-corrected chi connectivity index (χ1v) is 12.4. The van der Waals surface area contributed by atoms with Gasteiger partial charge in [0.1, 0.15) is 5.52 Å². The molecule has 33 heavy (non-hydrogen) atoms. The van der Waals surface area contributed by atoms with Gasteiger partial charge in [-0.15, -0.1) is 0 Å². The van der Waals surface area contributed by atoms with Gasteiger partial charge in [0.25, 0.3) is 17.2 Å². The van der Waals surface area contributed by atoms with Crippen molar-refractivity contribution in [1.82, 2.24) is 15.3 Å². The molecule has 2 N–H and O–H groups in total. The molecule has 1 heterocycles. The van der Waals surface area contributed by atoms with E-state index in [-0.39, 0.29) is 17.8 Å². The molecule has 1 atom stereocenters. The first-order chi connectivity index (χ1) is 15.8. The monoisotopic (exact) mass is 612 g/mol. The number of fused-ring (bicyclic) bond motifs is 1. The molecule has 3 aromatic carbocycles. The summed E-state index contributed by atoms with van der Waals surface area (Å²) in [6.45, 7) is 0.155. The number of amides is 1. The Morgan fingerprint density at radius 3 is 2.61 bits per heavy atom. The summed E-state index contributed by atoms with van der Waals surface area (Å²) in [5, 5.41) is 3.74. The fourth-order valence-corrected chi connectivity index (χ4v) is 4.82. The molecule has 0 radical (unpaired) electrons. The van der Waals surface area contributed by atoms with E-state index in [9.17, 15) is 13.6 Å². The van der Waals surface area contributed by atoms with Gasteiger partial charge in [-0.3, -0.25) is 19.3 Å². The van der Waals surface area contributed by atoms with Crippen LogP contribution in [0.1, 0.15) is 15.9 Å². The normalized spacial score (nSPS) is 11.9. The van der Waals surface area contributed by atoms with Crippen LogP contribution < -0.4 is 9.62 Å². The van der Waals surface area contributed by atoms with Crippen LogP contribution in [-0.2, 0) is 17.8 Å². The zero-order chi connectivity index (χ0) is 23.5. The third-order valence-corrected chi connectivity index (χ3v) is 6.69. The highest BCUT2D eigenvalue weighted by Gasteiger charge is 2.24. The molecule has 168 valence electrons. The molecule has 0 aliphatic rings. The Kier molecular flexibility index (Phi) is 7.45. The Hall–Kier alpha value is -2.31. The van der Waals surface area contributed by atoms with Crippen LogP contribution in [0.3, 0.4) is 0 Å². The molecule has 0 saturated carbocycles. The minimum Gasteiger partial charge on any atom is -0.348 e. The molecule has 1 aromatic heterocycles. The molecule has 4 rings (SSSR count). The van der Waals surface area contributed by atoms with Gasteiger partial charge >= 0.3 is 0 Å².